The first-order chi connectivity index (χ1) is 7.98. The maximum absolute atomic E-state index is 12.1. The molecule has 4 heteroatoms. The molecule has 2 rings (SSSR count). The lowest BCUT2D eigenvalue weighted by molar-refractivity contribution is -0.129. The van der Waals surface area contributed by atoms with Crippen LogP contribution in [0.1, 0.15) is 32.6 Å². The van der Waals surface area contributed by atoms with Gasteiger partial charge in [-0.3, -0.25) is 9.69 Å². The Hall–Kier alpha value is -0.870. The number of likely N-dealkylation sites (N-methyl/N-ethyl adjacent to an activating group) is 1. The Morgan fingerprint density at radius 2 is 2.41 bits per heavy atom. The molecule has 0 aromatic heterocycles. The number of aliphatic hydroxyl groups is 1. The van der Waals surface area contributed by atoms with Crippen molar-refractivity contribution >= 4 is 5.91 Å². The van der Waals surface area contributed by atoms with E-state index in [0.29, 0.717) is 13.1 Å². The predicted octanol–water partition coefficient (Wildman–Crippen LogP) is 0.969. The highest BCUT2D eigenvalue weighted by Crippen LogP contribution is 2.22. The minimum absolute atomic E-state index is 0.135. The van der Waals surface area contributed by atoms with E-state index >= 15 is 0 Å². The lowest BCUT2D eigenvalue weighted by Gasteiger charge is -2.23. The summed E-state index contributed by atoms with van der Waals surface area (Å²) < 4.78 is 0. The summed E-state index contributed by atoms with van der Waals surface area (Å²) in [6.45, 7) is 3.67. The molecule has 1 N–H and O–H groups in total. The van der Waals surface area contributed by atoms with E-state index in [0.717, 1.165) is 37.9 Å². The number of carbonyl (C=O) groups excluding carboxylic acids is 1. The monoisotopic (exact) mass is 238 g/mol. The molecule has 96 valence electrons. The average Bonchev–Trinajstić information content (AvgIpc) is 2.86. The molecule has 1 heterocycles. The molecular weight excluding hydrogens is 216 g/mol. The van der Waals surface area contributed by atoms with Gasteiger partial charge in [-0.15, -0.1) is 0 Å². The van der Waals surface area contributed by atoms with Crippen molar-refractivity contribution in [2.45, 2.75) is 38.2 Å². The van der Waals surface area contributed by atoms with Gasteiger partial charge in [0.05, 0.1) is 12.1 Å². The highest BCUT2D eigenvalue weighted by Gasteiger charge is 2.32. The van der Waals surface area contributed by atoms with Crippen LogP contribution in [0.4, 0.5) is 0 Å². The van der Waals surface area contributed by atoms with Gasteiger partial charge in [0, 0.05) is 25.8 Å². The number of hydrogen-bond acceptors (Lipinski definition) is 3. The third kappa shape index (κ3) is 3.07. The van der Waals surface area contributed by atoms with Gasteiger partial charge in [-0.2, -0.15) is 0 Å². The van der Waals surface area contributed by atoms with Crippen LogP contribution in [-0.4, -0.2) is 53.1 Å². The fourth-order valence-corrected chi connectivity index (χ4v) is 2.59. The van der Waals surface area contributed by atoms with Crippen molar-refractivity contribution in [2.75, 3.05) is 26.7 Å². The number of amides is 1. The molecule has 1 saturated heterocycles. The summed E-state index contributed by atoms with van der Waals surface area (Å²) in [6, 6.07) is 0. The number of nitrogens with zero attached hydrogens (tertiary/aromatic N) is 2. The SMILES string of the molecule is CN(C(=O)CN1CCC(C)(O)C1)C1=CCCC1. The molecule has 1 amide bonds. The Kier molecular flexibility index (Phi) is 3.54. The zero-order chi connectivity index (χ0) is 12.5. The molecule has 0 radical (unpaired) electrons. The van der Waals surface area contributed by atoms with Crippen LogP contribution in [0.25, 0.3) is 0 Å². The van der Waals surface area contributed by atoms with E-state index in [-0.39, 0.29) is 5.91 Å². The smallest absolute Gasteiger partial charge is 0.240 e. The van der Waals surface area contributed by atoms with Gasteiger partial charge in [0.1, 0.15) is 0 Å². The van der Waals surface area contributed by atoms with E-state index in [1.807, 2.05) is 18.9 Å². The lowest BCUT2D eigenvalue weighted by Crippen LogP contribution is -2.38. The van der Waals surface area contributed by atoms with Crippen LogP contribution in [0.2, 0.25) is 0 Å². The van der Waals surface area contributed by atoms with Crippen molar-refractivity contribution in [3.05, 3.63) is 11.8 Å². The van der Waals surface area contributed by atoms with Gasteiger partial charge in [-0.1, -0.05) is 6.08 Å². The molecule has 1 fully saturated rings. The van der Waals surface area contributed by atoms with Gasteiger partial charge in [0.2, 0.25) is 5.91 Å². The number of allylic oxidation sites excluding steroid dienone is 2. The van der Waals surface area contributed by atoms with E-state index in [2.05, 4.69) is 6.08 Å². The van der Waals surface area contributed by atoms with Crippen molar-refractivity contribution < 1.29 is 9.90 Å². The highest BCUT2D eigenvalue weighted by molar-refractivity contribution is 5.79. The molecule has 0 aromatic rings. The van der Waals surface area contributed by atoms with Gasteiger partial charge >= 0.3 is 0 Å². The largest absolute Gasteiger partial charge is 0.389 e. The lowest BCUT2D eigenvalue weighted by atomic mass is 10.1. The van der Waals surface area contributed by atoms with Crippen molar-refractivity contribution in [1.82, 2.24) is 9.80 Å². The number of hydrogen-bond donors (Lipinski definition) is 1. The van der Waals surface area contributed by atoms with Gasteiger partial charge in [0.15, 0.2) is 0 Å². The molecular formula is C13H22N2O2. The number of carbonyl (C=O) groups is 1. The number of likely N-dealkylation sites (tertiary alicyclic amines) is 1. The standard InChI is InChI=1S/C13H22N2O2/c1-13(17)7-8-15(10-13)9-12(16)14(2)11-5-3-4-6-11/h5,17H,3-4,6-10H2,1-2H3. The van der Waals surface area contributed by atoms with E-state index in [9.17, 15) is 9.90 Å². The molecule has 0 bridgehead atoms. The second kappa shape index (κ2) is 4.78. The Morgan fingerprint density at radius 3 is 2.94 bits per heavy atom. The van der Waals surface area contributed by atoms with Gasteiger partial charge in [0.25, 0.3) is 0 Å². The van der Waals surface area contributed by atoms with Gasteiger partial charge in [-0.25, -0.2) is 0 Å². The van der Waals surface area contributed by atoms with E-state index in [1.165, 1.54) is 0 Å². The Morgan fingerprint density at radius 1 is 1.65 bits per heavy atom. The fourth-order valence-electron chi connectivity index (χ4n) is 2.59. The Labute approximate surface area is 103 Å². The van der Waals surface area contributed by atoms with E-state index in [4.69, 9.17) is 0 Å². The molecule has 4 nitrogen and oxygen atoms in total. The topological polar surface area (TPSA) is 43.8 Å². The number of rotatable bonds is 3. The first-order valence-electron chi connectivity index (χ1n) is 6.38. The molecule has 17 heavy (non-hydrogen) atoms. The van der Waals surface area contributed by atoms with Gasteiger partial charge < -0.3 is 10.0 Å². The van der Waals surface area contributed by atoms with Gasteiger partial charge in [-0.05, 0) is 32.6 Å². The zero-order valence-electron chi connectivity index (χ0n) is 10.8. The molecule has 1 aliphatic heterocycles. The summed E-state index contributed by atoms with van der Waals surface area (Å²) in [4.78, 5) is 15.9. The minimum atomic E-state index is -0.620. The molecule has 0 aromatic carbocycles. The fraction of sp³-hybridized carbons (Fsp3) is 0.769. The molecule has 1 atom stereocenters. The van der Waals surface area contributed by atoms with Crippen LogP contribution < -0.4 is 0 Å². The average molecular weight is 238 g/mol. The summed E-state index contributed by atoms with van der Waals surface area (Å²) >= 11 is 0. The summed E-state index contributed by atoms with van der Waals surface area (Å²) in [7, 11) is 1.85. The van der Waals surface area contributed by atoms with Crippen LogP contribution in [0.5, 0.6) is 0 Å². The maximum Gasteiger partial charge on any atom is 0.240 e. The van der Waals surface area contributed by atoms with Crippen molar-refractivity contribution in [1.29, 1.82) is 0 Å². The van der Waals surface area contributed by atoms with E-state index in [1.54, 1.807) is 4.90 Å². The third-order valence-corrected chi connectivity index (χ3v) is 3.71. The molecule has 1 unspecified atom stereocenters. The molecule has 2 aliphatic rings. The molecule has 1 aliphatic carbocycles. The quantitative estimate of drug-likeness (QED) is 0.797. The predicted molar refractivity (Wildman–Crippen MR) is 66.4 cm³/mol. The normalized spacial score (nSPS) is 29.5. The first kappa shape index (κ1) is 12.6. The second-order valence-electron chi connectivity index (χ2n) is 5.50. The molecule has 0 saturated carbocycles. The van der Waals surface area contributed by atoms with Crippen LogP contribution in [-0.2, 0) is 4.79 Å². The van der Waals surface area contributed by atoms with Crippen LogP contribution >= 0.6 is 0 Å². The van der Waals surface area contributed by atoms with Crippen molar-refractivity contribution in [3.8, 4) is 0 Å². The Balaban J connectivity index is 1.85. The van der Waals surface area contributed by atoms with Crippen LogP contribution in [0.15, 0.2) is 11.8 Å². The first-order valence-corrected chi connectivity index (χ1v) is 6.38. The number of β-amino-alcohol motifs (C(OH)–C–C–N with tert-alkyl or cyclic N) is 1. The minimum Gasteiger partial charge on any atom is -0.389 e. The van der Waals surface area contributed by atoms with Crippen molar-refractivity contribution in [2.24, 2.45) is 0 Å². The van der Waals surface area contributed by atoms with E-state index < -0.39 is 5.60 Å². The summed E-state index contributed by atoms with van der Waals surface area (Å²) in [5, 5.41) is 9.85. The second-order valence-corrected chi connectivity index (χ2v) is 5.50. The van der Waals surface area contributed by atoms with Crippen LogP contribution in [0, 0.1) is 0 Å². The summed E-state index contributed by atoms with van der Waals surface area (Å²) in [5.41, 5.74) is 0.534. The Bertz CT molecular complexity index is 336. The van der Waals surface area contributed by atoms with Crippen LogP contribution in [0.3, 0.4) is 0 Å². The summed E-state index contributed by atoms with van der Waals surface area (Å²) in [5.74, 6) is 0.135. The third-order valence-electron chi connectivity index (χ3n) is 3.71. The summed E-state index contributed by atoms with van der Waals surface area (Å²) in [6.07, 6.45) is 6.17. The zero-order valence-corrected chi connectivity index (χ0v) is 10.8. The van der Waals surface area contributed by atoms with Crippen molar-refractivity contribution in [3.63, 3.8) is 0 Å². The molecule has 0 spiro atoms. The maximum atomic E-state index is 12.1. The highest BCUT2D eigenvalue weighted by atomic mass is 16.3.